The molecule has 3 aromatic rings. The molecule has 29 heteroatoms. The molecule has 1 aromatic heterocycles. The van der Waals surface area contributed by atoms with E-state index in [1.807, 2.05) is 25.1 Å². The summed E-state index contributed by atoms with van der Waals surface area (Å²) in [7, 11) is 2.00. The molecule has 3 aliphatic heterocycles. The minimum Gasteiger partial charge on any atom is -0.481 e. The maximum Gasteiger partial charge on any atom is 0.325 e. The second-order valence-corrected chi connectivity index (χ2v) is 22.9. The second-order valence-electron chi connectivity index (χ2n) is 20.4. The van der Waals surface area contributed by atoms with E-state index in [-0.39, 0.29) is 69.1 Å². The number of hydrogen-bond donors (Lipinski definition) is 13. The number of H-pyrrole nitrogens is 1. The van der Waals surface area contributed by atoms with Crippen LogP contribution in [-0.4, -0.2) is 177 Å². The lowest BCUT2D eigenvalue weighted by Crippen LogP contribution is -2.61. The third kappa shape index (κ3) is 18.9. The Labute approximate surface area is 486 Å². The number of carboxylic acids is 1. The number of aromatic amines is 1. The van der Waals surface area contributed by atoms with Crippen molar-refractivity contribution >= 4 is 110 Å². The van der Waals surface area contributed by atoms with E-state index in [2.05, 4.69) is 62.8 Å². The molecule has 15 N–H and O–H groups in total. The smallest absolute Gasteiger partial charge is 0.325 e. The number of guanidine groups is 1. The zero-order valence-electron chi connectivity index (χ0n) is 46.3. The molecule has 448 valence electrons. The van der Waals surface area contributed by atoms with Crippen LogP contribution in [0.1, 0.15) is 83.3 Å². The number of aromatic nitrogens is 1. The number of urea groups is 1. The zero-order chi connectivity index (χ0) is 60.2. The third-order valence-corrected chi connectivity index (χ3v) is 16.4. The molecule has 0 aliphatic carbocycles. The normalized spacial score (nSPS) is 24.7. The van der Waals surface area contributed by atoms with Crippen molar-refractivity contribution in [1.29, 1.82) is 0 Å². The van der Waals surface area contributed by atoms with Gasteiger partial charge in [-0.1, -0.05) is 89.9 Å². The molecule has 10 amide bonds. The number of aliphatic imine (C=N–C) groups is 2. The summed E-state index contributed by atoms with van der Waals surface area (Å²) in [5.74, 6) is -9.36. The van der Waals surface area contributed by atoms with Crippen molar-refractivity contribution in [3.8, 4) is 0 Å². The molecule has 2 aromatic carbocycles. The number of amides is 10. The molecular weight excluding hydrogens is 1110 g/mol. The number of carboxylic acid groups (broad SMARTS) is 1. The minimum atomic E-state index is -1.67. The number of hydrogen-bond acceptors (Lipinski definition) is 16. The van der Waals surface area contributed by atoms with Crippen LogP contribution in [-0.2, 0) is 60.8 Å². The van der Waals surface area contributed by atoms with Gasteiger partial charge in [-0.3, -0.25) is 57.9 Å². The van der Waals surface area contributed by atoms with Gasteiger partial charge in [-0.15, -0.1) is 0 Å². The first-order chi connectivity index (χ1) is 39.7. The summed E-state index contributed by atoms with van der Waals surface area (Å²) in [6.45, 7) is 4.76. The summed E-state index contributed by atoms with van der Waals surface area (Å²) in [4.78, 5) is 166. The van der Waals surface area contributed by atoms with Gasteiger partial charge in [0.2, 0.25) is 41.4 Å². The number of rotatable bonds is 20. The monoisotopic (exact) mass is 1190 g/mol. The molecular formula is C54H73N15O12S2. The van der Waals surface area contributed by atoms with E-state index < -0.39 is 138 Å². The summed E-state index contributed by atoms with van der Waals surface area (Å²) in [5, 5.41) is 35.0. The minimum absolute atomic E-state index is 0.0219. The predicted molar refractivity (Wildman–Crippen MR) is 311 cm³/mol. The Hall–Kier alpha value is -8.21. The van der Waals surface area contributed by atoms with Gasteiger partial charge in [0.25, 0.3) is 5.91 Å². The standard InChI is InChI=1S/C54H73N15O12S2/c1-4-5-17-43(69-52(80)29(2)61-54(69)81)51(79)68-42-27-83-82-26-41(30(3)70)67-48(76)39(22-32-24-59-35-15-10-9-14-34(32)35)65-45(73)36(16-11-20-58-53(55)56)62-47(75)38(21-31-12-7-6-8-13-31)64-49(77)40(23-33-25-57-28-60-33)66-46(74)37(63-50(42)78)18-19-44(71)72/h6-10,12-15,24,28-29,33,36-43,59H,4-5,11,16-23,25-27H2,1-3H3,(H,57,60)(H,61,81)(H,62,75)(H,63,78)(H,64,77)(H,65,73)(H,66,74)(H,67,76)(H,68,79)(H,71,72)(H4,55,56,58)/t29-,33?,36-,37-,38+,39-,40-,41-,42-,43-/m0/s1. The molecule has 27 nitrogen and oxygen atoms in total. The number of ketones is 1. The maximum atomic E-state index is 14.8. The number of para-hydroxylation sites is 1. The van der Waals surface area contributed by atoms with Gasteiger partial charge in [0.1, 0.15) is 48.3 Å². The summed E-state index contributed by atoms with van der Waals surface area (Å²) in [6.07, 6.45) is 2.61. The van der Waals surface area contributed by atoms with Crippen LogP contribution < -0.4 is 59.3 Å². The Balaban J connectivity index is 1.42. The highest BCUT2D eigenvalue weighted by atomic mass is 33.1. The molecule has 0 spiro atoms. The lowest BCUT2D eigenvalue weighted by atomic mass is 10.0. The van der Waals surface area contributed by atoms with E-state index in [0.29, 0.717) is 24.0 Å². The number of aliphatic carboxylic acids is 1. The van der Waals surface area contributed by atoms with Crippen molar-refractivity contribution in [2.24, 2.45) is 21.5 Å². The Morgan fingerprint density at radius 3 is 2.02 bits per heavy atom. The van der Waals surface area contributed by atoms with E-state index in [1.54, 1.807) is 42.6 Å². The number of Topliss-reactive ketones (excluding diaryl/α,β-unsaturated/α-hetero) is 1. The molecule has 3 aliphatic rings. The quantitative estimate of drug-likeness (QED) is 0.0215. The van der Waals surface area contributed by atoms with Crippen molar-refractivity contribution in [1.82, 2.24) is 57.7 Å². The Morgan fingerprint density at radius 1 is 0.759 bits per heavy atom. The van der Waals surface area contributed by atoms with Crippen LogP contribution in [0.25, 0.3) is 10.9 Å². The first kappa shape index (κ1) is 64.0. The molecule has 0 radical (unpaired) electrons. The SMILES string of the molecule is CCCC[C@@H](C(=O)N[C@H]1CSSC[C@@H](C(C)=O)NC(=O)[C@H](Cc2c[nH]c3ccccc23)NC(=O)[C@H](CCCN=C(N)N)NC(=O)[C@@H](Cc2ccccc2)NC(=O)[C@H](CC2CN=CN2)NC(=O)[C@H](CCC(=O)O)NC1=O)N1C(=O)N[C@@H](C)C1=O. The van der Waals surface area contributed by atoms with Crippen molar-refractivity contribution < 1.29 is 57.8 Å². The topological polar surface area (TPSA) is 412 Å². The third-order valence-electron chi connectivity index (χ3n) is 14.0. The van der Waals surface area contributed by atoms with Gasteiger partial charge >= 0.3 is 12.0 Å². The van der Waals surface area contributed by atoms with Gasteiger partial charge in [0.05, 0.1) is 18.9 Å². The second kappa shape index (κ2) is 31.3. The highest BCUT2D eigenvalue weighted by Crippen LogP contribution is 2.25. The molecule has 0 saturated carbocycles. The van der Waals surface area contributed by atoms with Gasteiger partial charge in [0.15, 0.2) is 11.7 Å². The van der Waals surface area contributed by atoms with E-state index in [0.717, 1.165) is 37.4 Å². The molecule has 10 atom stereocenters. The number of carbonyl (C=O) groups is 11. The van der Waals surface area contributed by atoms with Crippen molar-refractivity contribution in [2.45, 2.75) is 145 Å². The van der Waals surface area contributed by atoms with E-state index in [9.17, 15) is 57.8 Å². The van der Waals surface area contributed by atoms with E-state index in [4.69, 9.17) is 11.5 Å². The van der Waals surface area contributed by atoms with Crippen LogP contribution >= 0.6 is 21.6 Å². The fraction of sp³-hybridized carbons (Fsp3) is 0.500. The molecule has 1 unspecified atom stereocenters. The van der Waals surface area contributed by atoms with Gasteiger partial charge in [-0.2, -0.15) is 0 Å². The van der Waals surface area contributed by atoms with Gasteiger partial charge in [-0.05, 0) is 63.1 Å². The Bertz CT molecular complexity index is 2900. The summed E-state index contributed by atoms with van der Waals surface area (Å²) in [6, 6.07) is 2.10. The molecule has 4 heterocycles. The number of fused-ring (bicyclic) bond motifs is 1. The van der Waals surface area contributed by atoms with Crippen molar-refractivity contribution in [2.75, 3.05) is 24.6 Å². The van der Waals surface area contributed by atoms with Gasteiger partial charge < -0.3 is 69.4 Å². The van der Waals surface area contributed by atoms with Gasteiger partial charge in [0, 0.05) is 60.5 Å². The molecule has 6 rings (SSSR count). The van der Waals surface area contributed by atoms with Crippen LogP contribution in [0.5, 0.6) is 0 Å². The number of carbonyl (C=O) groups excluding carboxylic acids is 10. The molecule has 2 fully saturated rings. The Kier molecular flexibility index (Phi) is 24.1. The number of nitrogens with one attached hydrogen (secondary N) is 10. The van der Waals surface area contributed by atoms with Crippen LogP contribution in [0.3, 0.4) is 0 Å². The average molecular weight is 1190 g/mol. The zero-order valence-corrected chi connectivity index (χ0v) is 47.9. The molecule has 0 bridgehead atoms. The number of nitrogens with two attached hydrogens (primary N) is 2. The number of nitrogens with zero attached hydrogens (tertiary/aromatic N) is 3. The van der Waals surface area contributed by atoms with Crippen molar-refractivity contribution in [3.63, 3.8) is 0 Å². The summed E-state index contributed by atoms with van der Waals surface area (Å²) < 4.78 is 0. The summed E-state index contributed by atoms with van der Waals surface area (Å²) >= 11 is 0. The average Bonchev–Trinajstić information content (AvgIpc) is 4.35. The fourth-order valence-corrected chi connectivity index (χ4v) is 11.8. The van der Waals surface area contributed by atoms with E-state index in [1.165, 1.54) is 20.2 Å². The fourth-order valence-electron chi connectivity index (χ4n) is 9.42. The number of imide groups is 1. The van der Waals surface area contributed by atoms with Crippen LogP contribution in [0.4, 0.5) is 4.79 Å². The Morgan fingerprint density at radius 2 is 1.37 bits per heavy atom. The predicted octanol–water partition coefficient (Wildman–Crippen LogP) is -0.862. The highest BCUT2D eigenvalue weighted by Gasteiger charge is 2.44. The molecule has 83 heavy (non-hydrogen) atoms. The van der Waals surface area contributed by atoms with Crippen molar-refractivity contribution in [3.05, 3.63) is 71.9 Å². The first-order valence-corrected chi connectivity index (χ1v) is 29.8. The number of benzene rings is 2. The first-order valence-electron chi connectivity index (χ1n) is 27.3. The van der Waals surface area contributed by atoms with Gasteiger partial charge in [-0.25, -0.2) is 9.69 Å². The molecule has 2 saturated heterocycles. The maximum absolute atomic E-state index is 14.8. The van der Waals surface area contributed by atoms with Crippen LogP contribution in [0.15, 0.2) is 70.8 Å². The lowest BCUT2D eigenvalue weighted by Gasteiger charge is -2.29. The highest BCUT2D eigenvalue weighted by molar-refractivity contribution is 8.76. The number of unbranched alkanes of at least 4 members (excludes halogenated alkanes) is 1. The van der Waals surface area contributed by atoms with Crippen LogP contribution in [0, 0.1) is 0 Å². The van der Waals surface area contributed by atoms with Crippen LogP contribution in [0.2, 0.25) is 0 Å². The summed E-state index contributed by atoms with van der Waals surface area (Å²) in [5.41, 5.74) is 13.2. The van der Waals surface area contributed by atoms with E-state index >= 15 is 0 Å². The lowest BCUT2D eigenvalue weighted by molar-refractivity contribution is -0.139. The largest absolute Gasteiger partial charge is 0.481 e.